The minimum absolute atomic E-state index is 0. The predicted molar refractivity (Wildman–Crippen MR) is 160 cm³/mol. The first-order chi connectivity index (χ1) is 19.4. The molecular weight excluding hydrogens is 621 g/mol. The highest BCUT2D eigenvalue weighted by atomic mass is 127. The summed E-state index contributed by atoms with van der Waals surface area (Å²) in [5.41, 5.74) is 3.40. The quantitative estimate of drug-likeness (QED) is 0.255. The van der Waals surface area contributed by atoms with E-state index in [1.54, 1.807) is 11.1 Å². The third kappa shape index (κ3) is 5.67. The molecule has 1 unspecified atom stereocenters. The number of hydrogen-bond acceptors (Lipinski definition) is 2. The van der Waals surface area contributed by atoms with Crippen molar-refractivity contribution in [2.75, 3.05) is 13.6 Å². The Kier molecular flexibility index (Phi) is 9.12. The van der Waals surface area contributed by atoms with Crippen LogP contribution in [0, 0.1) is 5.92 Å². The topological polar surface area (TPSA) is 61.4 Å². The molecule has 0 aromatic heterocycles. The number of halogens is 1. The summed E-state index contributed by atoms with van der Waals surface area (Å²) in [6, 6.07) is 29.2. The van der Waals surface area contributed by atoms with E-state index in [-0.39, 0.29) is 36.0 Å². The summed E-state index contributed by atoms with van der Waals surface area (Å²) >= 11 is 0. The number of nitrogens with one attached hydrogen (secondary N) is 2. The highest BCUT2D eigenvalue weighted by Gasteiger charge is 2.54. The van der Waals surface area contributed by atoms with Crippen molar-refractivity contribution in [1.29, 1.82) is 0 Å². The molecule has 1 saturated carbocycles. The van der Waals surface area contributed by atoms with E-state index in [0.29, 0.717) is 12.1 Å². The molecular formula is C35H44IN3O2. The molecule has 2 heterocycles. The van der Waals surface area contributed by atoms with Crippen LogP contribution in [0.25, 0.3) is 0 Å². The molecule has 218 valence electrons. The largest absolute Gasteiger partial charge is 1.00 e. The maximum absolute atomic E-state index is 13.1. The van der Waals surface area contributed by atoms with E-state index >= 15 is 0 Å². The fraction of sp³-hybridized carbons (Fsp3) is 0.457. The number of rotatable bonds is 8. The van der Waals surface area contributed by atoms with Crippen LogP contribution in [0.4, 0.5) is 4.79 Å². The van der Waals surface area contributed by atoms with Crippen molar-refractivity contribution in [2.45, 2.75) is 81.6 Å². The second kappa shape index (κ2) is 12.4. The number of aliphatic hydroxyl groups is 1. The number of amides is 2. The van der Waals surface area contributed by atoms with Crippen molar-refractivity contribution in [3.63, 3.8) is 0 Å². The standard InChI is InChI=1S/C35H43N3O2.HI/c1-25(35(40,27-11-5-3-6-12-27)28-13-7-4-8-14-28)36-34(39)37-29-19-17-26(18-20-29)23-24-38(2)32-21-22-33(38)31-16-10-9-15-30(31)32;/h3-16,25-26,29,32-33,40H,17-24H2,1-2H3,(H-,36,37,39);1H/t25-,26-,29-,32-,33+,38?;/m1./s1. The number of quaternary nitrogens is 1. The summed E-state index contributed by atoms with van der Waals surface area (Å²) < 4.78 is 1.20. The minimum Gasteiger partial charge on any atom is -1.00 e. The summed E-state index contributed by atoms with van der Waals surface area (Å²) in [6.07, 6.45) is 8.30. The minimum atomic E-state index is -1.33. The summed E-state index contributed by atoms with van der Waals surface area (Å²) in [6.45, 7) is 3.13. The molecule has 2 aliphatic heterocycles. The smallest absolute Gasteiger partial charge is 0.315 e. The lowest BCUT2D eigenvalue weighted by Gasteiger charge is -2.38. The first-order valence-electron chi connectivity index (χ1n) is 15.2. The maximum Gasteiger partial charge on any atom is 0.315 e. The van der Waals surface area contributed by atoms with E-state index < -0.39 is 11.6 Å². The number of carbonyl (C=O) groups is 1. The number of benzene rings is 3. The third-order valence-corrected chi connectivity index (χ3v) is 10.5. The Bertz CT molecular complexity index is 1240. The molecule has 1 aliphatic carbocycles. The molecule has 4 atom stereocenters. The molecule has 2 bridgehead atoms. The summed E-state index contributed by atoms with van der Waals surface area (Å²) in [4.78, 5) is 13.1. The Morgan fingerprint density at radius 2 is 1.32 bits per heavy atom. The van der Waals surface area contributed by atoms with Gasteiger partial charge in [-0.25, -0.2) is 4.79 Å². The van der Waals surface area contributed by atoms with Crippen LogP contribution in [0.1, 0.15) is 86.2 Å². The second-order valence-electron chi connectivity index (χ2n) is 12.7. The molecule has 2 fully saturated rings. The molecule has 3 N–H and O–H groups in total. The predicted octanol–water partition coefficient (Wildman–Crippen LogP) is 3.60. The molecule has 5 nitrogen and oxygen atoms in total. The van der Waals surface area contributed by atoms with Gasteiger partial charge in [0, 0.05) is 30.0 Å². The van der Waals surface area contributed by atoms with Gasteiger partial charge in [-0.3, -0.25) is 0 Å². The second-order valence-corrected chi connectivity index (χ2v) is 12.7. The monoisotopic (exact) mass is 665 g/mol. The van der Waals surface area contributed by atoms with E-state index in [2.05, 4.69) is 41.9 Å². The average Bonchev–Trinajstić information content (AvgIpc) is 3.45. The molecule has 3 aliphatic rings. The molecule has 6 rings (SSSR count). The van der Waals surface area contributed by atoms with Crippen molar-refractivity contribution >= 4 is 6.03 Å². The van der Waals surface area contributed by atoms with Gasteiger partial charge in [-0.05, 0) is 56.1 Å². The molecule has 6 heteroatoms. The maximum atomic E-state index is 13.1. The van der Waals surface area contributed by atoms with Crippen molar-refractivity contribution in [2.24, 2.45) is 5.92 Å². The van der Waals surface area contributed by atoms with Crippen LogP contribution in [0.15, 0.2) is 84.9 Å². The van der Waals surface area contributed by atoms with Gasteiger partial charge in [-0.15, -0.1) is 0 Å². The molecule has 2 amide bonds. The molecule has 41 heavy (non-hydrogen) atoms. The van der Waals surface area contributed by atoms with Gasteiger partial charge >= 0.3 is 6.03 Å². The van der Waals surface area contributed by atoms with Crippen LogP contribution in [-0.2, 0) is 5.60 Å². The van der Waals surface area contributed by atoms with E-state index in [1.807, 2.05) is 67.6 Å². The van der Waals surface area contributed by atoms with Gasteiger partial charge in [0.2, 0.25) is 0 Å². The van der Waals surface area contributed by atoms with Gasteiger partial charge in [0.05, 0.1) is 19.6 Å². The van der Waals surface area contributed by atoms with Gasteiger partial charge in [-0.1, -0.05) is 84.9 Å². The lowest BCUT2D eigenvalue weighted by atomic mass is 9.81. The summed E-state index contributed by atoms with van der Waals surface area (Å²) in [7, 11) is 2.49. The number of carbonyl (C=O) groups excluding carboxylic acids is 1. The van der Waals surface area contributed by atoms with Gasteiger partial charge in [0.15, 0.2) is 0 Å². The van der Waals surface area contributed by atoms with Crippen LogP contribution in [-0.4, -0.2) is 41.3 Å². The summed E-state index contributed by atoms with van der Waals surface area (Å²) in [5, 5.41) is 18.2. The zero-order valence-electron chi connectivity index (χ0n) is 24.3. The Morgan fingerprint density at radius 3 is 1.83 bits per heavy atom. The van der Waals surface area contributed by atoms with Crippen LogP contribution >= 0.6 is 0 Å². The highest BCUT2D eigenvalue weighted by molar-refractivity contribution is 5.75. The van der Waals surface area contributed by atoms with E-state index in [4.69, 9.17) is 0 Å². The lowest BCUT2D eigenvalue weighted by molar-refractivity contribution is -0.948. The Hall–Kier alpha value is -2.42. The molecule has 0 radical (unpaired) electrons. The van der Waals surface area contributed by atoms with Gasteiger partial charge in [0.25, 0.3) is 0 Å². The van der Waals surface area contributed by atoms with Gasteiger partial charge in [-0.2, -0.15) is 0 Å². The zero-order valence-corrected chi connectivity index (χ0v) is 26.5. The fourth-order valence-electron chi connectivity index (χ4n) is 8.13. The van der Waals surface area contributed by atoms with Crippen molar-refractivity contribution in [3.05, 3.63) is 107 Å². The van der Waals surface area contributed by atoms with Crippen LogP contribution in [0.3, 0.4) is 0 Å². The van der Waals surface area contributed by atoms with Crippen LogP contribution < -0.4 is 34.6 Å². The molecule has 1 saturated heterocycles. The zero-order chi connectivity index (χ0) is 27.7. The fourth-order valence-corrected chi connectivity index (χ4v) is 8.13. The third-order valence-electron chi connectivity index (χ3n) is 10.5. The van der Waals surface area contributed by atoms with E-state index in [9.17, 15) is 9.90 Å². The summed E-state index contributed by atoms with van der Waals surface area (Å²) in [5.74, 6) is 0.736. The van der Waals surface area contributed by atoms with E-state index in [0.717, 1.165) is 29.9 Å². The van der Waals surface area contributed by atoms with E-state index in [1.165, 1.54) is 43.1 Å². The van der Waals surface area contributed by atoms with Crippen molar-refractivity contribution < 1.29 is 38.4 Å². The first-order valence-corrected chi connectivity index (χ1v) is 15.2. The Morgan fingerprint density at radius 1 is 0.829 bits per heavy atom. The number of fused-ring (bicyclic) bond motifs is 5. The SMILES string of the molecule is C[C@@H](NC(=O)N[C@H]1CC[C@H](CC[N+]2(C)[C@@H]3CC[C@H]2c2ccccc23)CC1)C(O)(c1ccccc1)c1ccccc1.[I-]. The number of hydrogen-bond donors (Lipinski definition) is 3. The van der Waals surface area contributed by atoms with Gasteiger partial charge in [0.1, 0.15) is 17.7 Å². The lowest BCUT2D eigenvalue weighted by Crippen LogP contribution is -3.00. The van der Waals surface area contributed by atoms with Crippen LogP contribution in [0.2, 0.25) is 0 Å². The van der Waals surface area contributed by atoms with Crippen molar-refractivity contribution in [3.8, 4) is 0 Å². The Labute approximate surface area is 262 Å². The number of urea groups is 1. The Balaban J connectivity index is 0.00000337. The molecule has 3 aromatic rings. The molecule has 0 spiro atoms. The number of nitrogens with zero attached hydrogens (tertiary/aromatic N) is 1. The van der Waals surface area contributed by atoms with Crippen molar-refractivity contribution in [1.82, 2.24) is 10.6 Å². The highest BCUT2D eigenvalue weighted by Crippen LogP contribution is 2.57. The van der Waals surface area contributed by atoms with Crippen LogP contribution in [0.5, 0.6) is 0 Å². The van der Waals surface area contributed by atoms with Gasteiger partial charge < -0.3 is 44.2 Å². The first kappa shape index (κ1) is 30.1. The average molecular weight is 666 g/mol. The molecule has 3 aromatic carbocycles. The normalized spacial score (nSPS) is 27.4.